The van der Waals surface area contributed by atoms with E-state index in [0.717, 1.165) is 25.7 Å². The van der Waals surface area contributed by atoms with E-state index >= 15 is 0 Å². The molecule has 2 atom stereocenters. The van der Waals surface area contributed by atoms with Gasteiger partial charge in [0.1, 0.15) is 5.82 Å². The average Bonchev–Trinajstić information content (AvgIpc) is 2.39. The van der Waals surface area contributed by atoms with E-state index in [2.05, 4.69) is 5.16 Å². The second kappa shape index (κ2) is 5.27. The number of oxime groups is 1. The van der Waals surface area contributed by atoms with Crippen LogP contribution in [0.1, 0.15) is 37.4 Å². The van der Waals surface area contributed by atoms with Crippen molar-refractivity contribution in [2.45, 2.75) is 31.8 Å². The summed E-state index contributed by atoms with van der Waals surface area (Å²) in [6, 6.07) is 5.81. The Balaban J connectivity index is 2.18. The molecular formula is C13H16FNO2. The fourth-order valence-corrected chi connectivity index (χ4v) is 2.38. The molecule has 2 rings (SSSR count). The van der Waals surface area contributed by atoms with Gasteiger partial charge in [-0.2, -0.15) is 0 Å². The van der Waals surface area contributed by atoms with Crippen LogP contribution in [0.2, 0.25) is 0 Å². The van der Waals surface area contributed by atoms with E-state index in [4.69, 9.17) is 5.21 Å². The molecule has 0 unspecified atom stereocenters. The minimum absolute atomic E-state index is 0.154. The van der Waals surface area contributed by atoms with Gasteiger partial charge in [-0.05, 0) is 37.0 Å². The maximum absolute atomic E-state index is 12.8. The lowest BCUT2D eigenvalue weighted by molar-refractivity contribution is 0.126. The molecule has 1 aromatic carbocycles. The van der Waals surface area contributed by atoms with Crippen LogP contribution >= 0.6 is 0 Å². The van der Waals surface area contributed by atoms with Crippen molar-refractivity contribution in [2.75, 3.05) is 0 Å². The van der Waals surface area contributed by atoms with Gasteiger partial charge in [0.2, 0.25) is 0 Å². The molecule has 0 saturated heterocycles. The molecule has 0 aliphatic heterocycles. The Labute approximate surface area is 99.6 Å². The molecule has 0 radical (unpaired) electrons. The smallest absolute Gasteiger partial charge is 0.123 e. The fraction of sp³-hybridized carbons (Fsp3) is 0.462. The van der Waals surface area contributed by atoms with Crippen LogP contribution in [0.5, 0.6) is 0 Å². The molecule has 0 aromatic heterocycles. The highest BCUT2D eigenvalue weighted by Gasteiger charge is 2.28. The molecule has 3 nitrogen and oxygen atoms in total. The largest absolute Gasteiger partial charge is 0.411 e. The van der Waals surface area contributed by atoms with E-state index in [1.807, 2.05) is 0 Å². The van der Waals surface area contributed by atoms with Crippen molar-refractivity contribution >= 4 is 5.71 Å². The van der Waals surface area contributed by atoms with Gasteiger partial charge in [0.15, 0.2) is 0 Å². The summed E-state index contributed by atoms with van der Waals surface area (Å²) in [5, 5.41) is 22.4. The van der Waals surface area contributed by atoms with E-state index in [9.17, 15) is 9.50 Å². The van der Waals surface area contributed by atoms with Gasteiger partial charge in [-0.1, -0.05) is 23.7 Å². The number of benzene rings is 1. The highest BCUT2D eigenvalue weighted by atomic mass is 19.1. The summed E-state index contributed by atoms with van der Waals surface area (Å²) in [6.07, 6.45) is 2.81. The summed E-state index contributed by atoms with van der Waals surface area (Å²) in [5.41, 5.74) is 1.31. The summed E-state index contributed by atoms with van der Waals surface area (Å²) >= 11 is 0. The zero-order valence-electron chi connectivity index (χ0n) is 9.51. The molecule has 1 aromatic rings. The highest BCUT2D eigenvalue weighted by Crippen LogP contribution is 2.32. The molecule has 17 heavy (non-hydrogen) atoms. The van der Waals surface area contributed by atoms with Crippen molar-refractivity contribution in [2.24, 2.45) is 11.1 Å². The molecule has 1 saturated carbocycles. The molecule has 0 heterocycles. The van der Waals surface area contributed by atoms with Crippen molar-refractivity contribution in [1.29, 1.82) is 0 Å². The van der Waals surface area contributed by atoms with Crippen LogP contribution in [0.3, 0.4) is 0 Å². The summed E-state index contributed by atoms with van der Waals surface area (Å²) in [5.74, 6) is -0.472. The summed E-state index contributed by atoms with van der Waals surface area (Å²) < 4.78 is 12.8. The average molecular weight is 237 g/mol. The normalized spacial score (nSPS) is 24.8. The quantitative estimate of drug-likeness (QED) is 0.613. The van der Waals surface area contributed by atoms with Crippen LogP contribution < -0.4 is 0 Å². The van der Waals surface area contributed by atoms with Crippen molar-refractivity contribution in [3.05, 3.63) is 35.6 Å². The number of halogens is 1. The Hall–Kier alpha value is -1.42. The molecule has 0 bridgehead atoms. The Morgan fingerprint density at radius 3 is 2.59 bits per heavy atom. The zero-order chi connectivity index (χ0) is 12.3. The van der Waals surface area contributed by atoms with E-state index in [1.54, 1.807) is 12.1 Å². The third-order valence-electron chi connectivity index (χ3n) is 3.35. The SMILES string of the molecule is O/N=C1\CCCC[C@@H]1[C@@H](O)c1ccc(F)cc1. The predicted octanol–water partition coefficient (Wildman–Crippen LogP) is 2.88. The first kappa shape index (κ1) is 12.0. The molecule has 1 aliphatic carbocycles. The third kappa shape index (κ3) is 2.64. The Kier molecular flexibility index (Phi) is 3.74. The van der Waals surface area contributed by atoms with Crippen LogP contribution in [0.25, 0.3) is 0 Å². The molecule has 92 valence electrons. The molecule has 2 N–H and O–H groups in total. The second-order valence-electron chi connectivity index (χ2n) is 4.44. The zero-order valence-corrected chi connectivity index (χ0v) is 9.51. The third-order valence-corrected chi connectivity index (χ3v) is 3.35. The van der Waals surface area contributed by atoms with Crippen molar-refractivity contribution in [3.63, 3.8) is 0 Å². The van der Waals surface area contributed by atoms with E-state index in [1.165, 1.54) is 12.1 Å². The summed E-state index contributed by atoms with van der Waals surface area (Å²) in [4.78, 5) is 0. The van der Waals surface area contributed by atoms with Gasteiger partial charge in [-0.3, -0.25) is 0 Å². The molecule has 0 spiro atoms. The number of hydrogen-bond donors (Lipinski definition) is 2. The number of nitrogens with zero attached hydrogens (tertiary/aromatic N) is 1. The monoisotopic (exact) mass is 237 g/mol. The topological polar surface area (TPSA) is 52.8 Å². The van der Waals surface area contributed by atoms with Crippen molar-refractivity contribution in [1.82, 2.24) is 0 Å². The van der Waals surface area contributed by atoms with Gasteiger partial charge in [-0.15, -0.1) is 0 Å². The number of hydrogen-bond acceptors (Lipinski definition) is 3. The maximum atomic E-state index is 12.8. The van der Waals surface area contributed by atoms with Gasteiger partial charge in [0.05, 0.1) is 11.8 Å². The Morgan fingerprint density at radius 1 is 1.24 bits per heavy atom. The second-order valence-corrected chi connectivity index (χ2v) is 4.44. The first-order valence-electron chi connectivity index (χ1n) is 5.86. The van der Waals surface area contributed by atoms with Crippen LogP contribution in [0.15, 0.2) is 29.4 Å². The van der Waals surface area contributed by atoms with Crippen LogP contribution in [0.4, 0.5) is 4.39 Å². The highest BCUT2D eigenvalue weighted by molar-refractivity contribution is 5.87. The van der Waals surface area contributed by atoms with E-state index < -0.39 is 6.10 Å². The molecular weight excluding hydrogens is 221 g/mol. The molecule has 1 fully saturated rings. The lowest BCUT2D eigenvalue weighted by Gasteiger charge is -2.27. The summed E-state index contributed by atoms with van der Waals surface area (Å²) in [6.45, 7) is 0. The minimum Gasteiger partial charge on any atom is -0.411 e. The van der Waals surface area contributed by atoms with Gasteiger partial charge in [0, 0.05) is 5.92 Å². The van der Waals surface area contributed by atoms with Crippen LogP contribution in [0, 0.1) is 11.7 Å². The molecule has 0 amide bonds. The first-order valence-corrected chi connectivity index (χ1v) is 5.86. The lowest BCUT2D eigenvalue weighted by Crippen LogP contribution is -2.25. The van der Waals surface area contributed by atoms with E-state index in [-0.39, 0.29) is 11.7 Å². The Morgan fingerprint density at radius 2 is 1.94 bits per heavy atom. The molecule has 4 heteroatoms. The number of rotatable bonds is 2. The van der Waals surface area contributed by atoms with Crippen molar-refractivity contribution < 1.29 is 14.7 Å². The van der Waals surface area contributed by atoms with E-state index in [0.29, 0.717) is 11.3 Å². The number of aliphatic hydroxyl groups excluding tert-OH is 1. The predicted molar refractivity (Wildman–Crippen MR) is 62.5 cm³/mol. The Bertz CT molecular complexity index is 402. The van der Waals surface area contributed by atoms with Gasteiger partial charge in [0.25, 0.3) is 0 Å². The van der Waals surface area contributed by atoms with Crippen LogP contribution in [-0.4, -0.2) is 16.0 Å². The van der Waals surface area contributed by atoms with Crippen LogP contribution in [-0.2, 0) is 0 Å². The maximum Gasteiger partial charge on any atom is 0.123 e. The van der Waals surface area contributed by atoms with Gasteiger partial charge >= 0.3 is 0 Å². The van der Waals surface area contributed by atoms with Gasteiger partial charge < -0.3 is 10.3 Å². The summed E-state index contributed by atoms with van der Waals surface area (Å²) in [7, 11) is 0. The lowest BCUT2D eigenvalue weighted by atomic mass is 9.81. The molecule has 1 aliphatic rings. The standard InChI is InChI=1S/C13H16FNO2/c14-10-7-5-9(6-8-10)13(16)11-3-1-2-4-12(11)15-17/h5-8,11,13,16-17H,1-4H2/b15-12+/t11-,13-/m0/s1. The minimum atomic E-state index is -0.721. The fourth-order valence-electron chi connectivity index (χ4n) is 2.38. The first-order chi connectivity index (χ1) is 8.22. The van der Waals surface area contributed by atoms with Crippen molar-refractivity contribution in [3.8, 4) is 0 Å². The number of aliphatic hydroxyl groups is 1. The van der Waals surface area contributed by atoms with Gasteiger partial charge in [-0.25, -0.2) is 4.39 Å².